The first-order chi connectivity index (χ1) is 16.3. The van der Waals surface area contributed by atoms with Gasteiger partial charge in [-0.15, -0.1) is 0 Å². The van der Waals surface area contributed by atoms with E-state index in [0.29, 0.717) is 19.4 Å². The van der Waals surface area contributed by atoms with E-state index >= 15 is 0 Å². The topological polar surface area (TPSA) is 166 Å². The van der Waals surface area contributed by atoms with Crippen LogP contribution in [0.3, 0.4) is 0 Å². The minimum absolute atomic E-state index is 0.0140. The fourth-order valence-electron chi connectivity index (χ4n) is 2.09. The van der Waals surface area contributed by atoms with Gasteiger partial charge in [0.15, 0.2) is 18.9 Å². The molecule has 0 radical (unpaired) electrons. The van der Waals surface area contributed by atoms with E-state index in [1.54, 1.807) is 14.2 Å². The molecule has 6 atom stereocenters. The number of aliphatic hydroxyl groups excluding tert-OH is 5. The molecule has 210 valence electrons. The third kappa shape index (κ3) is 22.0. The van der Waals surface area contributed by atoms with Gasteiger partial charge in [0.2, 0.25) is 0 Å². The van der Waals surface area contributed by atoms with Crippen LogP contribution in [0.2, 0.25) is 0 Å². The molecule has 0 heterocycles. The first-order valence-electron chi connectivity index (χ1n) is 11.4. The van der Waals surface area contributed by atoms with Crippen molar-refractivity contribution < 1.29 is 58.7 Å². The molecule has 0 rings (SSSR count). The highest BCUT2D eigenvalue weighted by atomic mass is 16.7. The van der Waals surface area contributed by atoms with E-state index in [4.69, 9.17) is 58.7 Å². The molecule has 0 aromatic carbocycles. The zero-order chi connectivity index (χ0) is 26.8. The van der Waals surface area contributed by atoms with Crippen LogP contribution in [0.5, 0.6) is 0 Å². The minimum Gasteiger partial charge on any atom is -0.394 e. The van der Waals surface area contributed by atoms with Gasteiger partial charge in [-0.2, -0.15) is 0 Å². The summed E-state index contributed by atoms with van der Waals surface area (Å²) in [5.41, 5.74) is 0. The van der Waals surface area contributed by atoms with Crippen molar-refractivity contribution in [1.29, 1.82) is 0 Å². The fourth-order valence-corrected chi connectivity index (χ4v) is 2.09. The Balaban J connectivity index is -0.000000425. The molecule has 0 aromatic rings. The molecule has 0 aromatic heterocycles. The molecular weight excluding hydrogens is 456 g/mol. The second kappa shape index (κ2) is 28.8. The fraction of sp³-hybridized carbons (Fsp3) is 1.00. The largest absolute Gasteiger partial charge is 0.394 e. The third-order valence-electron chi connectivity index (χ3n) is 4.40. The Kier molecular flexibility index (Phi) is 32.2. The number of hydrogen-bond acceptors (Lipinski definition) is 12. The summed E-state index contributed by atoms with van der Waals surface area (Å²) in [6.07, 6.45) is -0.0946. The van der Waals surface area contributed by atoms with Crippen LogP contribution >= 0.6 is 0 Å². The molecule has 34 heavy (non-hydrogen) atoms. The number of ether oxygens (including phenoxy) is 7. The summed E-state index contributed by atoms with van der Waals surface area (Å²) < 4.78 is 34.9. The maximum absolute atomic E-state index is 8.82. The number of hydrogen-bond donors (Lipinski definition) is 5. The van der Waals surface area contributed by atoms with Crippen LogP contribution in [0, 0.1) is 0 Å². The molecule has 0 saturated heterocycles. The Morgan fingerprint density at radius 2 is 0.765 bits per heavy atom. The zero-order valence-electron chi connectivity index (χ0n) is 21.9. The highest BCUT2D eigenvalue weighted by Gasteiger charge is 2.14. The van der Waals surface area contributed by atoms with E-state index in [9.17, 15) is 0 Å². The highest BCUT2D eigenvalue weighted by molar-refractivity contribution is 4.54. The summed E-state index contributed by atoms with van der Waals surface area (Å²) in [5, 5.41) is 43.5. The summed E-state index contributed by atoms with van der Waals surface area (Å²) in [4.78, 5) is 0. The summed E-state index contributed by atoms with van der Waals surface area (Å²) in [6.45, 7) is 5.66. The van der Waals surface area contributed by atoms with Crippen LogP contribution in [0.4, 0.5) is 0 Å². The van der Waals surface area contributed by atoms with E-state index in [1.807, 2.05) is 20.8 Å². The summed E-state index contributed by atoms with van der Waals surface area (Å²) in [6, 6.07) is 0. The van der Waals surface area contributed by atoms with Gasteiger partial charge in [-0.3, -0.25) is 0 Å². The summed E-state index contributed by atoms with van der Waals surface area (Å²) in [7, 11) is 6.03. The first kappa shape index (κ1) is 38.1. The molecule has 0 amide bonds. The second-order valence-electron chi connectivity index (χ2n) is 6.86. The normalized spacial score (nSPS) is 16.2. The predicted molar refractivity (Wildman–Crippen MR) is 125 cm³/mol. The van der Waals surface area contributed by atoms with Gasteiger partial charge in [-0.25, -0.2) is 0 Å². The Bertz CT molecular complexity index is 316. The Morgan fingerprint density at radius 1 is 0.471 bits per heavy atom. The molecule has 0 bridgehead atoms. The number of rotatable bonds is 19. The number of methoxy groups -OCH3 is 4. The molecule has 5 N–H and O–H groups in total. The molecule has 0 aliphatic carbocycles. The lowest BCUT2D eigenvalue weighted by molar-refractivity contribution is -0.186. The van der Waals surface area contributed by atoms with Crippen LogP contribution in [-0.4, -0.2) is 131 Å². The SMILES string of the molecule is CCC(CO)OC(CO)OC.CCC(CO)OC(CO)OC.CCC(CO)OC(COC)OC. The lowest BCUT2D eigenvalue weighted by Gasteiger charge is -2.20. The van der Waals surface area contributed by atoms with Gasteiger partial charge in [0.05, 0.1) is 58.0 Å². The predicted octanol–water partition coefficient (Wildman–Crippen LogP) is -0.130. The van der Waals surface area contributed by atoms with Gasteiger partial charge in [0.1, 0.15) is 0 Å². The summed E-state index contributed by atoms with van der Waals surface area (Å²) in [5.74, 6) is 0. The maximum atomic E-state index is 8.82. The lowest BCUT2D eigenvalue weighted by Crippen LogP contribution is -2.29. The summed E-state index contributed by atoms with van der Waals surface area (Å²) >= 11 is 0. The molecule has 12 nitrogen and oxygen atoms in total. The Labute approximate surface area is 204 Å². The van der Waals surface area contributed by atoms with E-state index in [1.165, 1.54) is 14.2 Å². The van der Waals surface area contributed by atoms with Crippen molar-refractivity contribution in [3.05, 3.63) is 0 Å². The van der Waals surface area contributed by atoms with Gasteiger partial charge in [0.25, 0.3) is 0 Å². The van der Waals surface area contributed by atoms with Gasteiger partial charge < -0.3 is 58.7 Å². The first-order valence-corrected chi connectivity index (χ1v) is 11.4. The van der Waals surface area contributed by atoms with E-state index in [0.717, 1.165) is 6.42 Å². The average Bonchev–Trinajstić information content (AvgIpc) is 2.89. The van der Waals surface area contributed by atoms with Crippen LogP contribution < -0.4 is 0 Å². The van der Waals surface area contributed by atoms with Crippen LogP contribution in [0.25, 0.3) is 0 Å². The van der Waals surface area contributed by atoms with Crippen LogP contribution in [-0.2, 0) is 33.2 Å². The van der Waals surface area contributed by atoms with Gasteiger partial charge in [-0.05, 0) is 19.3 Å². The smallest absolute Gasteiger partial charge is 0.180 e. The van der Waals surface area contributed by atoms with Crippen molar-refractivity contribution >= 4 is 0 Å². The van der Waals surface area contributed by atoms with Crippen LogP contribution in [0.15, 0.2) is 0 Å². The van der Waals surface area contributed by atoms with E-state index in [-0.39, 0.29) is 57.6 Å². The molecule has 0 saturated carbocycles. The van der Waals surface area contributed by atoms with E-state index < -0.39 is 12.6 Å². The molecular formula is C22H50O12. The Hall–Kier alpha value is -0.480. The quantitative estimate of drug-likeness (QED) is 0.148. The van der Waals surface area contributed by atoms with Crippen molar-refractivity contribution in [2.75, 3.05) is 68.1 Å². The molecule has 0 spiro atoms. The van der Waals surface area contributed by atoms with Gasteiger partial charge in [-0.1, -0.05) is 20.8 Å². The van der Waals surface area contributed by atoms with Crippen LogP contribution in [0.1, 0.15) is 40.0 Å². The molecule has 6 unspecified atom stereocenters. The standard InChI is InChI=1S/C8H18O4.2C7H16O4/c1-4-7(5-9)12-8(11-3)6-10-2;2*1-3-6(4-8)11-7(5-9)10-2/h7-9H,4-6H2,1-3H3;2*6-9H,3-5H2,1-2H3. The molecule has 0 aliphatic heterocycles. The molecule has 12 heteroatoms. The molecule has 0 fully saturated rings. The minimum atomic E-state index is -0.618. The van der Waals surface area contributed by atoms with Crippen molar-refractivity contribution in [1.82, 2.24) is 0 Å². The Morgan fingerprint density at radius 3 is 0.941 bits per heavy atom. The average molecular weight is 507 g/mol. The maximum Gasteiger partial charge on any atom is 0.180 e. The van der Waals surface area contributed by atoms with Crippen molar-refractivity contribution in [3.63, 3.8) is 0 Å². The second-order valence-corrected chi connectivity index (χ2v) is 6.86. The molecule has 0 aliphatic rings. The number of aliphatic hydroxyl groups is 5. The van der Waals surface area contributed by atoms with Gasteiger partial charge in [0, 0.05) is 28.4 Å². The van der Waals surface area contributed by atoms with Crippen molar-refractivity contribution in [2.24, 2.45) is 0 Å². The van der Waals surface area contributed by atoms with Crippen molar-refractivity contribution in [3.8, 4) is 0 Å². The van der Waals surface area contributed by atoms with Crippen molar-refractivity contribution in [2.45, 2.75) is 77.2 Å². The zero-order valence-corrected chi connectivity index (χ0v) is 21.9. The monoisotopic (exact) mass is 506 g/mol. The lowest BCUT2D eigenvalue weighted by atomic mass is 10.3. The van der Waals surface area contributed by atoms with E-state index in [2.05, 4.69) is 0 Å². The highest BCUT2D eigenvalue weighted by Crippen LogP contribution is 2.04. The van der Waals surface area contributed by atoms with Gasteiger partial charge >= 0.3 is 0 Å². The third-order valence-corrected chi connectivity index (χ3v) is 4.40.